The Morgan fingerprint density at radius 2 is 1.92 bits per heavy atom. The molecule has 4 rings (SSSR count). The molecule has 3 aliphatic heterocycles. The molecule has 3 aliphatic rings. The summed E-state index contributed by atoms with van der Waals surface area (Å²) < 4.78 is 37.3. The second kappa shape index (κ2) is 13.3. The number of sulfonamides is 1. The number of amides is 1. The van der Waals surface area contributed by atoms with Gasteiger partial charge in [-0.15, -0.1) is 0 Å². The van der Waals surface area contributed by atoms with E-state index in [1.165, 1.54) is 4.31 Å². The predicted molar refractivity (Wildman–Crippen MR) is 146 cm³/mol. The standard InChI is InChI=1S/C27H42N4O7S/c1-2-3-11-29(12-5-4-10-28)25(32)18-30-17-21(20-7-8-23-24(16-20)38-19-37-23)26(27(33)34)22(30)9-14-31-13-6-15-39(31,35)36/h7-8,16,21-22,26H,2-6,9-15,17-19,28H2,1H3,(H,33,34). The van der Waals surface area contributed by atoms with Gasteiger partial charge in [-0.3, -0.25) is 14.5 Å². The van der Waals surface area contributed by atoms with E-state index in [1.807, 2.05) is 21.9 Å². The lowest BCUT2D eigenvalue weighted by Crippen LogP contribution is -2.45. The van der Waals surface area contributed by atoms with Crippen LogP contribution in [0.15, 0.2) is 18.2 Å². The first-order valence-electron chi connectivity index (χ1n) is 14.1. The molecule has 39 heavy (non-hydrogen) atoms. The van der Waals surface area contributed by atoms with Crippen molar-refractivity contribution in [1.29, 1.82) is 0 Å². The summed E-state index contributed by atoms with van der Waals surface area (Å²) in [5.41, 5.74) is 6.47. The van der Waals surface area contributed by atoms with Crippen LogP contribution in [0, 0.1) is 5.92 Å². The summed E-state index contributed by atoms with van der Waals surface area (Å²) in [5.74, 6) is -0.845. The van der Waals surface area contributed by atoms with E-state index in [9.17, 15) is 23.1 Å². The zero-order valence-corrected chi connectivity index (χ0v) is 23.6. The second-order valence-corrected chi connectivity index (χ2v) is 12.8. The number of hydrogen-bond acceptors (Lipinski definition) is 8. The number of ether oxygens (including phenoxy) is 2. The SMILES string of the molecule is CCCCN(CCCCN)C(=O)CN1CC(c2ccc3c(c2)OCO3)C(C(=O)O)C1CCN1CCCS1(=O)=O. The maximum atomic E-state index is 13.5. The largest absolute Gasteiger partial charge is 0.481 e. The number of aliphatic carboxylic acids is 1. The van der Waals surface area contributed by atoms with Crippen LogP contribution in [0.3, 0.4) is 0 Å². The summed E-state index contributed by atoms with van der Waals surface area (Å²) in [6, 6.07) is 4.99. The fraction of sp³-hybridized carbons (Fsp3) is 0.704. The molecular weight excluding hydrogens is 524 g/mol. The lowest BCUT2D eigenvalue weighted by Gasteiger charge is -2.30. The zero-order valence-electron chi connectivity index (χ0n) is 22.8. The fourth-order valence-electron chi connectivity index (χ4n) is 5.98. The molecule has 3 heterocycles. The molecule has 1 amide bonds. The van der Waals surface area contributed by atoms with Gasteiger partial charge in [0.05, 0.1) is 18.2 Å². The highest BCUT2D eigenvalue weighted by Gasteiger charge is 2.47. The van der Waals surface area contributed by atoms with E-state index in [1.54, 1.807) is 6.07 Å². The molecule has 0 aromatic heterocycles. The van der Waals surface area contributed by atoms with Gasteiger partial charge in [-0.2, -0.15) is 0 Å². The summed E-state index contributed by atoms with van der Waals surface area (Å²) in [5, 5.41) is 10.4. The van der Waals surface area contributed by atoms with Crippen molar-refractivity contribution in [1.82, 2.24) is 14.1 Å². The van der Waals surface area contributed by atoms with Gasteiger partial charge in [0.2, 0.25) is 22.7 Å². The van der Waals surface area contributed by atoms with Gasteiger partial charge in [-0.05, 0) is 56.3 Å². The van der Waals surface area contributed by atoms with Crippen LogP contribution in [0.25, 0.3) is 0 Å². The Morgan fingerprint density at radius 3 is 2.62 bits per heavy atom. The van der Waals surface area contributed by atoms with Crippen molar-refractivity contribution in [2.24, 2.45) is 11.7 Å². The van der Waals surface area contributed by atoms with Gasteiger partial charge in [-0.25, -0.2) is 12.7 Å². The minimum absolute atomic E-state index is 0.0326. The van der Waals surface area contributed by atoms with Crippen molar-refractivity contribution in [2.45, 2.75) is 57.4 Å². The molecule has 0 spiro atoms. The number of hydrogen-bond donors (Lipinski definition) is 2. The lowest BCUT2D eigenvalue weighted by molar-refractivity contribution is -0.143. The van der Waals surface area contributed by atoms with Crippen molar-refractivity contribution in [3.63, 3.8) is 0 Å². The monoisotopic (exact) mass is 566 g/mol. The average Bonchev–Trinajstić information content (AvgIpc) is 3.60. The molecule has 2 saturated heterocycles. The molecule has 3 N–H and O–H groups in total. The van der Waals surface area contributed by atoms with Crippen molar-refractivity contribution in [3.8, 4) is 11.5 Å². The van der Waals surface area contributed by atoms with E-state index in [4.69, 9.17) is 15.2 Å². The number of benzene rings is 1. The smallest absolute Gasteiger partial charge is 0.308 e. The van der Waals surface area contributed by atoms with E-state index < -0.39 is 28.0 Å². The van der Waals surface area contributed by atoms with Gasteiger partial charge >= 0.3 is 5.97 Å². The van der Waals surface area contributed by atoms with Crippen LogP contribution in [-0.2, 0) is 19.6 Å². The maximum absolute atomic E-state index is 13.5. The molecule has 2 fully saturated rings. The quantitative estimate of drug-likeness (QED) is 0.322. The first-order chi connectivity index (χ1) is 18.7. The summed E-state index contributed by atoms with van der Waals surface area (Å²) in [6.07, 6.45) is 4.42. The van der Waals surface area contributed by atoms with Crippen LogP contribution < -0.4 is 15.2 Å². The zero-order chi connectivity index (χ0) is 28.0. The maximum Gasteiger partial charge on any atom is 0.308 e. The number of nitrogens with zero attached hydrogens (tertiary/aromatic N) is 3. The number of carboxylic acid groups (broad SMARTS) is 1. The molecule has 1 aromatic rings. The number of likely N-dealkylation sites (tertiary alicyclic amines) is 1. The van der Waals surface area contributed by atoms with Crippen molar-refractivity contribution < 1.29 is 32.6 Å². The fourth-order valence-corrected chi connectivity index (χ4v) is 7.53. The van der Waals surface area contributed by atoms with Crippen LogP contribution in [-0.4, -0.2) is 104 Å². The minimum Gasteiger partial charge on any atom is -0.481 e. The first kappa shape index (κ1) is 29.6. The summed E-state index contributed by atoms with van der Waals surface area (Å²) in [7, 11) is -3.31. The van der Waals surface area contributed by atoms with Crippen LogP contribution >= 0.6 is 0 Å². The average molecular weight is 567 g/mol. The third kappa shape index (κ3) is 7.03. The van der Waals surface area contributed by atoms with Crippen LogP contribution in [0.1, 0.15) is 56.9 Å². The van der Waals surface area contributed by atoms with E-state index in [-0.39, 0.29) is 37.5 Å². The molecular formula is C27H42N4O7S. The number of fused-ring (bicyclic) bond motifs is 1. The minimum atomic E-state index is -3.31. The third-order valence-corrected chi connectivity index (χ3v) is 10.0. The summed E-state index contributed by atoms with van der Waals surface area (Å²) in [6.45, 7) is 5.21. The lowest BCUT2D eigenvalue weighted by atomic mass is 9.84. The number of carbonyl (C=O) groups excluding carboxylic acids is 1. The predicted octanol–water partition coefficient (Wildman–Crippen LogP) is 1.68. The number of carbonyl (C=O) groups is 2. The summed E-state index contributed by atoms with van der Waals surface area (Å²) >= 11 is 0. The number of carboxylic acids is 1. The molecule has 0 bridgehead atoms. The molecule has 0 aliphatic carbocycles. The molecule has 1 aromatic carbocycles. The van der Waals surface area contributed by atoms with Gasteiger partial charge < -0.3 is 25.2 Å². The van der Waals surface area contributed by atoms with E-state index >= 15 is 0 Å². The van der Waals surface area contributed by atoms with Crippen LogP contribution in [0.4, 0.5) is 0 Å². The Labute approximate surface area is 231 Å². The molecule has 218 valence electrons. The topological polar surface area (TPSA) is 143 Å². The van der Waals surface area contributed by atoms with Crippen molar-refractivity contribution >= 4 is 21.9 Å². The van der Waals surface area contributed by atoms with Crippen molar-refractivity contribution in [3.05, 3.63) is 23.8 Å². The number of rotatable bonds is 14. The Kier molecular flexibility index (Phi) is 10.1. The molecule has 0 radical (unpaired) electrons. The number of nitrogens with two attached hydrogens (primary N) is 1. The Hall–Kier alpha value is -2.41. The Balaban J connectivity index is 1.58. The number of unbranched alkanes of at least 4 members (excludes halogenated alkanes) is 2. The highest BCUT2D eigenvalue weighted by molar-refractivity contribution is 7.89. The molecule has 0 saturated carbocycles. The molecule has 3 atom stereocenters. The Morgan fingerprint density at radius 1 is 1.15 bits per heavy atom. The van der Waals surface area contributed by atoms with Crippen LogP contribution in [0.2, 0.25) is 0 Å². The molecule has 11 nitrogen and oxygen atoms in total. The van der Waals surface area contributed by atoms with E-state index in [0.29, 0.717) is 57.1 Å². The second-order valence-electron chi connectivity index (χ2n) is 10.7. The van der Waals surface area contributed by atoms with Gasteiger partial charge in [-0.1, -0.05) is 19.4 Å². The van der Waals surface area contributed by atoms with Gasteiger partial charge in [0.25, 0.3) is 0 Å². The summed E-state index contributed by atoms with van der Waals surface area (Å²) in [4.78, 5) is 30.1. The third-order valence-electron chi connectivity index (χ3n) is 8.09. The molecule has 12 heteroatoms. The first-order valence-corrected chi connectivity index (χ1v) is 15.7. The van der Waals surface area contributed by atoms with Crippen molar-refractivity contribution in [2.75, 3.05) is 58.4 Å². The normalized spacial score (nSPS) is 24.3. The highest BCUT2D eigenvalue weighted by atomic mass is 32.2. The molecule has 3 unspecified atom stereocenters. The van der Waals surface area contributed by atoms with Gasteiger partial charge in [0, 0.05) is 44.7 Å². The Bertz CT molecular complexity index is 1120. The van der Waals surface area contributed by atoms with Gasteiger partial charge in [0.1, 0.15) is 0 Å². The van der Waals surface area contributed by atoms with Gasteiger partial charge in [0.15, 0.2) is 11.5 Å². The highest BCUT2D eigenvalue weighted by Crippen LogP contribution is 2.43. The van der Waals surface area contributed by atoms with E-state index in [2.05, 4.69) is 6.92 Å². The van der Waals surface area contributed by atoms with E-state index in [0.717, 1.165) is 31.2 Å². The van der Waals surface area contributed by atoms with Crippen LogP contribution in [0.5, 0.6) is 11.5 Å².